The Morgan fingerprint density at radius 1 is 1.45 bits per heavy atom. The van der Waals surface area contributed by atoms with Crippen molar-refractivity contribution in [1.82, 2.24) is 4.90 Å². The fourth-order valence-electron chi connectivity index (χ4n) is 1.78. The van der Waals surface area contributed by atoms with Crippen LogP contribution >= 0.6 is 15.9 Å². The minimum Gasteiger partial charge on any atom is -0.496 e. The number of ether oxygens (including phenoxy) is 1. The third kappa shape index (κ3) is 3.96. The molecule has 0 aliphatic heterocycles. The van der Waals surface area contributed by atoms with Gasteiger partial charge in [0, 0.05) is 17.6 Å². The lowest BCUT2D eigenvalue weighted by molar-refractivity contribution is -0.141. The van der Waals surface area contributed by atoms with Gasteiger partial charge in [-0.05, 0) is 25.1 Å². The topological polar surface area (TPSA) is 66.8 Å². The Kier molecular flexibility index (Phi) is 6.01. The number of halogens is 1. The quantitative estimate of drug-likeness (QED) is 0.862. The average Bonchev–Trinajstić information content (AvgIpc) is 2.43. The van der Waals surface area contributed by atoms with Gasteiger partial charge in [-0.25, -0.2) is 0 Å². The third-order valence-electron chi connectivity index (χ3n) is 2.98. The number of amides is 1. The van der Waals surface area contributed by atoms with Gasteiger partial charge in [-0.1, -0.05) is 22.9 Å². The van der Waals surface area contributed by atoms with E-state index in [0.29, 0.717) is 17.9 Å². The molecule has 0 saturated carbocycles. The van der Waals surface area contributed by atoms with Crippen LogP contribution in [-0.2, 0) is 4.79 Å². The van der Waals surface area contributed by atoms with Crippen molar-refractivity contribution in [2.75, 3.05) is 20.2 Å². The summed E-state index contributed by atoms with van der Waals surface area (Å²) in [6.45, 7) is 4.01. The van der Waals surface area contributed by atoms with Crippen LogP contribution in [0.5, 0.6) is 5.75 Å². The lowest BCUT2D eigenvalue weighted by Gasteiger charge is -2.23. The summed E-state index contributed by atoms with van der Waals surface area (Å²) in [6.07, 6.45) is 0. The monoisotopic (exact) mass is 343 g/mol. The van der Waals surface area contributed by atoms with Crippen LogP contribution in [0, 0.1) is 5.92 Å². The SMILES string of the molecule is CCN(CC(C)C(=O)O)C(=O)c1ccc(Br)cc1OC. The fraction of sp³-hybridized carbons (Fsp3) is 0.429. The maximum atomic E-state index is 12.5. The molecule has 0 saturated heterocycles. The van der Waals surface area contributed by atoms with E-state index in [-0.39, 0.29) is 12.5 Å². The molecule has 0 aliphatic carbocycles. The minimum absolute atomic E-state index is 0.171. The van der Waals surface area contributed by atoms with Crippen molar-refractivity contribution in [3.8, 4) is 5.75 Å². The van der Waals surface area contributed by atoms with Crippen LogP contribution in [0.2, 0.25) is 0 Å². The van der Waals surface area contributed by atoms with Crippen molar-refractivity contribution >= 4 is 27.8 Å². The van der Waals surface area contributed by atoms with Crippen molar-refractivity contribution in [2.24, 2.45) is 5.92 Å². The molecule has 0 radical (unpaired) electrons. The number of aliphatic carboxylic acids is 1. The van der Waals surface area contributed by atoms with E-state index in [4.69, 9.17) is 9.84 Å². The molecular formula is C14H18BrNO4. The molecule has 1 rings (SSSR count). The van der Waals surface area contributed by atoms with Crippen LogP contribution < -0.4 is 4.74 Å². The van der Waals surface area contributed by atoms with E-state index >= 15 is 0 Å². The first kappa shape index (κ1) is 16.5. The zero-order valence-corrected chi connectivity index (χ0v) is 13.3. The summed E-state index contributed by atoms with van der Waals surface area (Å²) in [7, 11) is 1.49. The molecule has 0 spiro atoms. The van der Waals surface area contributed by atoms with Crippen LogP contribution in [0.4, 0.5) is 0 Å². The number of benzene rings is 1. The molecule has 1 unspecified atom stereocenters. The molecular weight excluding hydrogens is 326 g/mol. The number of nitrogens with zero attached hydrogens (tertiary/aromatic N) is 1. The summed E-state index contributed by atoms with van der Waals surface area (Å²) >= 11 is 3.32. The first-order valence-corrected chi connectivity index (χ1v) is 7.05. The Morgan fingerprint density at radius 3 is 2.60 bits per heavy atom. The number of hydrogen-bond donors (Lipinski definition) is 1. The maximum absolute atomic E-state index is 12.5. The fourth-order valence-corrected chi connectivity index (χ4v) is 2.12. The molecule has 1 aromatic rings. The molecule has 0 bridgehead atoms. The van der Waals surface area contributed by atoms with Gasteiger partial charge in [-0.3, -0.25) is 9.59 Å². The molecule has 6 heteroatoms. The Balaban J connectivity index is 2.99. The van der Waals surface area contributed by atoms with E-state index in [1.807, 2.05) is 6.92 Å². The summed E-state index contributed by atoms with van der Waals surface area (Å²) in [5.74, 6) is -1.30. The first-order valence-electron chi connectivity index (χ1n) is 6.26. The molecule has 1 aromatic carbocycles. The lowest BCUT2D eigenvalue weighted by Crippen LogP contribution is -2.36. The molecule has 0 aliphatic rings. The number of carbonyl (C=O) groups is 2. The summed E-state index contributed by atoms with van der Waals surface area (Å²) in [5.41, 5.74) is 0.426. The lowest BCUT2D eigenvalue weighted by atomic mass is 10.1. The Morgan fingerprint density at radius 2 is 2.10 bits per heavy atom. The average molecular weight is 344 g/mol. The van der Waals surface area contributed by atoms with Crippen LogP contribution in [-0.4, -0.2) is 42.1 Å². The Hall–Kier alpha value is -1.56. The highest BCUT2D eigenvalue weighted by molar-refractivity contribution is 9.10. The first-order chi connectivity index (χ1) is 9.40. The largest absolute Gasteiger partial charge is 0.496 e. The zero-order chi connectivity index (χ0) is 15.3. The summed E-state index contributed by atoms with van der Waals surface area (Å²) in [5, 5.41) is 8.95. The maximum Gasteiger partial charge on any atom is 0.308 e. The van der Waals surface area contributed by atoms with Crippen LogP contribution in [0.25, 0.3) is 0 Å². The number of carboxylic acid groups (broad SMARTS) is 1. The van der Waals surface area contributed by atoms with Gasteiger partial charge in [0.2, 0.25) is 0 Å². The molecule has 1 N–H and O–H groups in total. The summed E-state index contributed by atoms with van der Waals surface area (Å²) in [6, 6.07) is 5.13. The van der Waals surface area contributed by atoms with Crippen molar-refractivity contribution in [3.05, 3.63) is 28.2 Å². The summed E-state index contributed by atoms with van der Waals surface area (Å²) in [4.78, 5) is 24.9. The van der Waals surface area contributed by atoms with E-state index in [0.717, 1.165) is 4.47 Å². The van der Waals surface area contributed by atoms with Crippen molar-refractivity contribution in [1.29, 1.82) is 0 Å². The highest BCUT2D eigenvalue weighted by atomic mass is 79.9. The van der Waals surface area contributed by atoms with Crippen molar-refractivity contribution < 1.29 is 19.4 Å². The second-order valence-corrected chi connectivity index (χ2v) is 5.34. The minimum atomic E-state index is -0.918. The predicted molar refractivity (Wildman–Crippen MR) is 79.1 cm³/mol. The van der Waals surface area contributed by atoms with Crippen molar-refractivity contribution in [3.63, 3.8) is 0 Å². The number of hydrogen-bond acceptors (Lipinski definition) is 3. The van der Waals surface area contributed by atoms with Gasteiger partial charge in [-0.15, -0.1) is 0 Å². The second kappa shape index (κ2) is 7.28. The van der Waals surface area contributed by atoms with Gasteiger partial charge in [0.1, 0.15) is 5.75 Å². The predicted octanol–water partition coefficient (Wildman–Crippen LogP) is 2.64. The standard InChI is InChI=1S/C14H18BrNO4/c1-4-16(8-9(2)14(18)19)13(17)11-6-5-10(15)7-12(11)20-3/h5-7,9H,4,8H2,1-3H3,(H,18,19). The number of carboxylic acids is 1. The van der Waals surface area contributed by atoms with Gasteiger partial charge in [0.15, 0.2) is 0 Å². The van der Waals surface area contributed by atoms with Gasteiger partial charge >= 0.3 is 5.97 Å². The molecule has 1 amide bonds. The number of rotatable bonds is 6. The highest BCUT2D eigenvalue weighted by Crippen LogP contribution is 2.25. The molecule has 20 heavy (non-hydrogen) atoms. The van der Waals surface area contributed by atoms with E-state index < -0.39 is 11.9 Å². The van der Waals surface area contributed by atoms with Crippen LogP contribution in [0.1, 0.15) is 24.2 Å². The van der Waals surface area contributed by atoms with E-state index in [9.17, 15) is 9.59 Å². The molecule has 0 aromatic heterocycles. The van der Waals surface area contributed by atoms with E-state index in [2.05, 4.69) is 15.9 Å². The number of methoxy groups -OCH3 is 1. The van der Waals surface area contributed by atoms with Gasteiger partial charge in [0.25, 0.3) is 5.91 Å². The van der Waals surface area contributed by atoms with Gasteiger partial charge in [-0.2, -0.15) is 0 Å². The van der Waals surface area contributed by atoms with Crippen LogP contribution in [0.3, 0.4) is 0 Å². The molecule has 5 nitrogen and oxygen atoms in total. The van der Waals surface area contributed by atoms with E-state index in [1.165, 1.54) is 12.0 Å². The third-order valence-corrected chi connectivity index (χ3v) is 3.47. The highest BCUT2D eigenvalue weighted by Gasteiger charge is 2.22. The van der Waals surface area contributed by atoms with E-state index in [1.54, 1.807) is 25.1 Å². The smallest absolute Gasteiger partial charge is 0.308 e. The van der Waals surface area contributed by atoms with Crippen molar-refractivity contribution in [2.45, 2.75) is 13.8 Å². The van der Waals surface area contributed by atoms with Gasteiger partial charge in [0.05, 0.1) is 18.6 Å². The molecule has 110 valence electrons. The molecule has 0 heterocycles. The molecule has 0 fully saturated rings. The second-order valence-electron chi connectivity index (χ2n) is 4.43. The molecule has 1 atom stereocenters. The zero-order valence-electron chi connectivity index (χ0n) is 11.7. The van der Waals surface area contributed by atoms with Crippen LogP contribution in [0.15, 0.2) is 22.7 Å². The Bertz CT molecular complexity index is 504. The van der Waals surface area contributed by atoms with Gasteiger partial charge < -0.3 is 14.7 Å². The number of carbonyl (C=O) groups excluding carboxylic acids is 1. The Labute approximate surface area is 126 Å². The summed E-state index contributed by atoms with van der Waals surface area (Å²) < 4.78 is 6.01. The normalized spacial score (nSPS) is 11.8.